The zero-order valence-corrected chi connectivity index (χ0v) is 19.5. The van der Waals surface area contributed by atoms with Crippen LogP contribution in [-0.4, -0.2) is 55.7 Å². The number of carbonyl (C=O) groups is 1. The van der Waals surface area contributed by atoms with Gasteiger partial charge in [-0.3, -0.25) is 4.79 Å². The molecular weight excluding hydrogens is 444 g/mol. The lowest BCUT2D eigenvalue weighted by Crippen LogP contribution is -2.23. The molecule has 1 saturated heterocycles. The molecule has 1 amide bonds. The van der Waals surface area contributed by atoms with Crippen molar-refractivity contribution in [3.8, 4) is 22.8 Å². The van der Waals surface area contributed by atoms with Gasteiger partial charge in [-0.1, -0.05) is 41.6 Å². The summed E-state index contributed by atoms with van der Waals surface area (Å²) in [5.74, 6) is 0.685. The number of aliphatic hydroxyl groups is 1. The lowest BCUT2D eigenvalue weighted by atomic mass is 10.0. The summed E-state index contributed by atoms with van der Waals surface area (Å²) in [5.41, 5.74) is 3.39. The molecule has 1 aliphatic heterocycles. The molecule has 1 fully saturated rings. The number of anilines is 1. The summed E-state index contributed by atoms with van der Waals surface area (Å²) in [5, 5.41) is 17.7. The molecule has 0 radical (unpaired) electrons. The molecule has 0 bridgehead atoms. The van der Waals surface area contributed by atoms with Crippen molar-refractivity contribution in [3.05, 3.63) is 78.2 Å². The average molecular weight is 471 g/mol. The van der Waals surface area contributed by atoms with Crippen LogP contribution in [0.5, 0.6) is 0 Å². The summed E-state index contributed by atoms with van der Waals surface area (Å²) in [4.78, 5) is 27.7. The molecule has 5 rings (SSSR count). The molecule has 1 aliphatic rings. The van der Waals surface area contributed by atoms with Gasteiger partial charge in [0.25, 0.3) is 0 Å². The number of aliphatic hydroxyl groups excluding tert-OH is 1. The van der Waals surface area contributed by atoms with Crippen molar-refractivity contribution in [2.24, 2.45) is 0 Å². The van der Waals surface area contributed by atoms with Crippen molar-refractivity contribution >= 4 is 11.9 Å². The van der Waals surface area contributed by atoms with Gasteiger partial charge in [-0.25, -0.2) is 15.0 Å². The molecule has 3 atom stereocenters. The topological polar surface area (TPSA) is 117 Å². The highest BCUT2D eigenvalue weighted by molar-refractivity contribution is 5.85. The van der Waals surface area contributed by atoms with E-state index in [2.05, 4.69) is 20.4 Å². The fourth-order valence-electron chi connectivity index (χ4n) is 4.23. The number of nitrogens with zero attached hydrogens (tertiary/aromatic N) is 5. The summed E-state index contributed by atoms with van der Waals surface area (Å²) in [6.45, 7) is 2.43. The Labute approximate surface area is 202 Å². The average Bonchev–Trinajstić information content (AvgIpc) is 3.50. The second-order valence-electron chi connectivity index (χ2n) is 8.66. The minimum atomic E-state index is -0.654. The molecule has 0 unspecified atom stereocenters. The van der Waals surface area contributed by atoms with Crippen molar-refractivity contribution < 1.29 is 14.4 Å². The number of benzene rings is 1. The normalized spacial score (nSPS) is 17.4. The highest BCUT2D eigenvalue weighted by atomic mass is 16.5. The van der Waals surface area contributed by atoms with Crippen molar-refractivity contribution in [1.29, 1.82) is 0 Å². The number of carbonyl (C=O) groups excluding carboxylic acids is 1. The number of rotatable bonds is 7. The van der Waals surface area contributed by atoms with Gasteiger partial charge < -0.3 is 19.8 Å². The van der Waals surface area contributed by atoms with E-state index in [9.17, 15) is 9.90 Å². The van der Waals surface area contributed by atoms with Gasteiger partial charge in [-0.15, -0.1) is 0 Å². The number of pyridine rings is 1. The molecule has 3 aromatic heterocycles. The zero-order valence-electron chi connectivity index (χ0n) is 19.5. The SMILES string of the molecule is C[C@@H](O)[C@H](Nc1nccc(-c2cccc(-c3cc([C@@H]4CCN(C)C4=O)on3)n2)n1)c1ccccc1. The molecule has 178 valence electrons. The maximum atomic E-state index is 12.3. The summed E-state index contributed by atoms with van der Waals surface area (Å²) in [7, 11) is 1.79. The van der Waals surface area contributed by atoms with Gasteiger partial charge in [0, 0.05) is 25.9 Å². The molecule has 0 saturated carbocycles. The molecule has 2 N–H and O–H groups in total. The number of likely N-dealkylation sites (tertiary alicyclic amines) is 1. The molecule has 1 aromatic carbocycles. The van der Waals surface area contributed by atoms with Gasteiger partial charge in [0.1, 0.15) is 17.4 Å². The highest BCUT2D eigenvalue weighted by Crippen LogP contribution is 2.31. The number of amides is 1. The van der Waals surface area contributed by atoms with Crippen LogP contribution >= 0.6 is 0 Å². The van der Waals surface area contributed by atoms with E-state index in [-0.39, 0.29) is 17.9 Å². The van der Waals surface area contributed by atoms with E-state index in [1.54, 1.807) is 37.2 Å². The Hall–Kier alpha value is -4.11. The standard InChI is InChI=1S/C26H26N6O3/c1-16(33)24(17-7-4-3-5-8-17)30-26-27-13-11-21(29-26)19-9-6-10-20(28-19)22-15-23(35-31-22)18-12-14-32(2)25(18)34/h3-11,13,15-16,18,24,33H,12,14H2,1-2H3,(H,27,29,30)/t16-,18+,24+/m1/s1. The largest absolute Gasteiger partial charge is 0.391 e. The first-order valence-corrected chi connectivity index (χ1v) is 11.5. The van der Waals surface area contributed by atoms with Gasteiger partial charge >= 0.3 is 0 Å². The van der Waals surface area contributed by atoms with E-state index in [1.807, 2.05) is 48.5 Å². The predicted octanol–water partition coefficient (Wildman–Crippen LogP) is 3.67. The lowest BCUT2D eigenvalue weighted by Gasteiger charge is -2.22. The monoisotopic (exact) mass is 470 g/mol. The molecular formula is C26H26N6O3. The van der Waals surface area contributed by atoms with E-state index in [1.165, 1.54) is 0 Å². The molecule has 4 heterocycles. The van der Waals surface area contributed by atoms with Crippen LogP contribution < -0.4 is 5.32 Å². The van der Waals surface area contributed by atoms with Crippen molar-refractivity contribution in [2.45, 2.75) is 31.4 Å². The van der Waals surface area contributed by atoms with Crippen LogP contribution in [0.15, 0.2) is 71.4 Å². The Balaban J connectivity index is 1.38. The molecule has 0 aliphatic carbocycles. The van der Waals surface area contributed by atoms with Gasteiger partial charge in [0.2, 0.25) is 11.9 Å². The van der Waals surface area contributed by atoms with Crippen LogP contribution in [0, 0.1) is 0 Å². The third-order valence-corrected chi connectivity index (χ3v) is 6.15. The lowest BCUT2D eigenvalue weighted by molar-refractivity contribution is -0.128. The smallest absolute Gasteiger partial charge is 0.233 e. The van der Waals surface area contributed by atoms with Crippen LogP contribution in [0.25, 0.3) is 22.8 Å². The first kappa shape index (κ1) is 22.7. The Morgan fingerprint density at radius 1 is 1.03 bits per heavy atom. The number of hydrogen-bond acceptors (Lipinski definition) is 8. The zero-order chi connectivity index (χ0) is 24.4. The Kier molecular flexibility index (Phi) is 6.24. The molecule has 9 heteroatoms. The van der Waals surface area contributed by atoms with E-state index < -0.39 is 6.10 Å². The first-order chi connectivity index (χ1) is 17.0. The number of aromatic nitrogens is 4. The van der Waals surface area contributed by atoms with Crippen molar-refractivity contribution in [3.63, 3.8) is 0 Å². The van der Waals surface area contributed by atoms with Crippen LogP contribution in [-0.2, 0) is 4.79 Å². The van der Waals surface area contributed by atoms with Gasteiger partial charge in [0.05, 0.1) is 29.2 Å². The molecule has 9 nitrogen and oxygen atoms in total. The second-order valence-corrected chi connectivity index (χ2v) is 8.66. The third-order valence-electron chi connectivity index (χ3n) is 6.15. The summed E-state index contributed by atoms with van der Waals surface area (Å²) in [6, 6.07) is 18.4. The maximum absolute atomic E-state index is 12.3. The molecule has 0 spiro atoms. The maximum Gasteiger partial charge on any atom is 0.233 e. The fraction of sp³-hybridized carbons (Fsp3) is 0.269. The van der Waals surface area contributed by atoms with Crippen molar-refractivity contribution in [1.82, 2.24) is 25.0 Å². The van der Waals surface area contributed by atoms with Crippen LogP contribution in [0.1, 0.15) is 36.6 Å². The Bertz CT molecular complexity index is 1320. The quantitative estimate of drug-likeness (QED) is 0.420. The summed E-state index contributed by atoms with van der Waals surface area (Å²) < 4.78 is 5.50. The third kappa shape index (κ3) is 4.76. The molecule has 4 aromatic rings. The summed E-state index contributed by atoms with van der Waals surface area (Å²) in [6.07, 6.45) is 1.71. The van der Waals surface area contributed by atoms with Gasteiger partial charge in [0.15, 0.2) is 0 Å². The minimum absolute atomic E-state index is 0.0430. The number of hydrogen-bond donors (Lipinski definition) is 2. The molecule has 35 heavy (non-hydrogen) atoms. The number of likely N-dealkylation sites (N-methyl/N-ethyl adjacent to an activating group) is 1. The van der Waals surface area contributed by atoms with Crippen LogP contribution in [0.4, 0.5) is 5.95 Å². The van der Waals surface area contributed by atoms with Gasteiger partial charge in [-0.2, -0.15) is 0 Å². The highest BCUT2D eigenvalue weighted by Gasteiger charge is 2.33. The number of nitrogens with one attached hydrogen (secondary N) is 1. The van der Waals surface area contributed by atoms with Crippen LogP contribution in [0.3, 0.4) is 0 Å². The van der Waals surface area contributed by atoms with Crippen molar-refractivity contribution in [2.75, 3.05) is 18.9 Å². The van der Waals surface area contributed by atoms with E-state index >= 15 is 0 Å². The van der Waals surface area contributed by atoms with Gasteiger partial charge in [-0.05, 0) is 37.1 Å². The minimum Gasteiger partial charge on any atom is -0.391 e. The Morgan fingerprint density at radius 3 is 2.49 bits per heavy atom. The van der Waals surface area contributed by atoms with E-state index in [4.69, 9.17) is 9.51 Å². The second kappa shape index (κ2) is 9.63. The van der Waals surface area contributed by atoms with E-state index in [0.29, 0.717) is 47.4 Å². The van der Waals surface area contributed by atoms with Crippen LogP contribution in [0.2, 0.25) is 0 Å². The first-order valence-electron chi connectivity index (χ1n) is 11.5. The Morgan fingerprint density at radius 2 is 1.77 bits per heavy atom. The predicted molar refractivity (Wildman–Crippen MR) is 130 cm³/mol. The van der Waals surface area contributed by atoms with E-state index in [0.717, 1.165) is 5.56 Å². The fourth-order valence-corrected chi connectivity index (χ4v) is 4.23. The summed E-state index contributed by atoms with van der Waals surface area (Å²) >= 11 is 0.